The zero-order valence-electron chi connectivity index (χ0n) is 15.4. The number of aromatic nitrogens is 2. The Kier molecular flexibility index (Phi) is 6.43. The number of anilines is 1. The Balaban J connectivity index is 1.63. The number of thiophene rings is 1. The number of carbonyl (C=O) groups excluding carboxylic acids is 2. The van der Waals surface area contributed by atoms with Gasteiger partial charge in [-0.3, -0.25) is 9.59 Å². The molecule has 0 saturated carbocycles. The second-order valence-corrected chi connectivity index (χ2v) is 7.61. The lowest BCUT2D eigenvalue weighted by molar-refractivity contribution is -0.116. The molecular weight excluding hydrogens is 400 g/mol. The minimum absolute atomic E-state index is 0.0262. The van der Waals surface area contributed by atoms with Crippen LogP contribution in [0.4, 0.5) is 5.69 Å². The van der Waals surface area contributed by atoms with E-state index < -0.39 is 0 Å². The van der Waals surface area contributed by atoms with Crippen molar-refractivity contribution in [3.63, 3.8) is 0 Å². The molecule has 0 fully saturated rings. The Bertz CT molecular complexity index is 969. The number of rotatable bonds is 7. The van der Waals surface area contributed by atoms with Gasteiger partial charge in [-0.25, -0.2) is 0 Å². The molecule has 28 heavy (non-hydrogen) atoms. The fourth-order valence-electron chi connectivity index (χ4n) is 2.46. The molecule has 0 atom stereocenters. The molecule has 3 aromatic rings. The number of aryl methyl sites for hydroxylation is 1. The Morgan fingerprint density at radius 2 is 2.11 bits per heavy atom. The van der Waals surface area contributed by atoms with E-state index in [1.54, 1.807) is 29.5 Å². The van der Waals surface area contributed by atoms with Gasteiger partial charge >= 0.3 is 0 Å². The van der Waals surface area contributed by atoms with E-state index in [9.17, 15) is 9.59 Å². The molecule has 2 aromatic heterocycles. The summed E-state index contributed by atoms with van der Waals surface area (Å²) in [6.07, 6.45) is 0.417. The molecule has 0 radical (unpaired) electrons. The van der Waals surface area contributed by atoms with Crippen molar-refractivity contribution < 1.29 is 14.1 Å². The van der Waals surface area contributed by atoms with Gasteiger partial charge in [0, 0.05) is 34.8 Å². The average molecular weight is 419 g/mol. The van der Waals surface area contributed by atoms with Crippen molar-refractivity contribution in [2.75, 3.05) is 5.32 Å². The van der Waals surface area contributed by atoms with E-state index in [0.717, 1.165) is 5.56 Å². The lowest BCUT2D eigenvalue weighted by Gasteiger charge is -2.13. The summed E-state index contributed by atoms with van der Waals surface area (Å²) >= 11 is 7.56. The molecule has 0 saturated heterocycles. The first-order valence-corrected chi connectivity index (χ1v) is 10.00. The normalized spacial score (nSPS) is 10.9. The summed E-state index contributed by atoms with van der Waals surface area (Å²) in [6, 6.07) is 6.62. The van der Waals surface area contributed by atoms with E-state index in [0.29, 0.717) is 28.0 Å². The second-order valence-electron chi connectivity index (χ2n) is 6.39. The molecule has 0 aliphatic rings. The molecule has 0 bridgehead atoms. The van der Waals surface area contributed by atoms with E-state index >= 15 is 0 Å². The van der Waals surface area contributed by atoms with Crippen molar-refractivity contribution in [2.24, 2.45) is 0 Å². The van der Waals surface area contributed by atoms with E-state index in [1.165, 1.54) is 0 Å². The third-order valence-electron chi connectivity index (χ3n) is 3.73. The molecule has 0 spiro atoms. The highest BCUT2D eigenvalue weighted by Gasteiger charge is 2.16. The maximum Gasteiger partial charge on any atom is 0.253 e. The van der Waals surface area contributed by atoms with E-state index in [2.05, 4.69) is 20.8 Å². The van der Waals surface area contributed by atoms with Crippen LogP contribution in [0.1, 0.15) is 36.5 Å². The maximum atomic E-state index is 12.4. The van der Waals surface area contributed by atoms with E-state index in [-0.39, 0.29) is 30.7 Å². The summed E-state index contributed by atoms with van der Waals surface area (Å²) < 4.78 is 5.19. The minimum atomic E-state index is -0.281. The Hall–Kier alpha value is -2.71. The quantitative estimate of drug-likeness (QED) is 0.600. The summed E-state index contributed by atoms with van der Waals surface area (Å²) in [7, 11) is 0. The topological polar surface area (TPSA) is 97.1 Å². The Labute approximate surface area is 171 Å². The average Bonchev–Trinajstić information content (AvgIpc) is 3.31. The largest absolute Gasteiger partial charge is 0.350 e. The molecule has 7 nitrogen and oxygen atoms in total. The van der Waals surface area contributed by atoms with Gasteiger partial charge in [0.05, 0.1) is 11.3 Å². The van der Waals surface area contributed by atoms with Gasteiger partial charge in [-0.1, -0.05) is 16.8 Å². The Morgan fingerprint density at radius 1 is 1.29 bits per heavy atom. The summed E-state index contributed by atoms with van der Waals surface area (Å²) in [4.78, 5) is 29.0. The van der Waals surface area contributed by atoms with Gasteiger partial charge in [0.25, 0.3) is 5.91 Å². The number of nitrogens with zero attached hydrogens (tertiary/aromatic N) is 2. The molecule has 0 aliphatic heterocycles. The lowest BCUT2D eigenvalue weighted by Crippen LogP contribution is -2.31. The number of benzene rings is 1. The molecule has 9 heteroatoms. The molecule has 146 valence electrons. The van der Waals surface area contributed by atoms with E-state index in [4.69, 9.17) is 16.1 Å². The van der Waals surface area contributed by atoms with Crippen molar-refractivity contribution in [2.45, 2.75) is 32.7 Å². The SMILES string of the molecule is CC(C)NC(=O)c1ccc(Cl)cc1NC(=O)CCc1nc(-c2ccsc2)no1. The number of hydrogen-bond acceptors (Lipinski definition) is 6. The highest BCUT2D eigenvalue weighted by atomic mass is 35.5. The van der Waals surface area contributed by atoms with Crippen LogP contribution >= 0.6 is 22.9 Å². The molecule has 2 amide bonds. The molecule has 3 rings (SSSR count). The smallest absolute Gasteiger partial charge is 0.253 e. The van der Waals surface area contributed by atoms with Crippen LogP contribution in [0.5, 0.6) is 0 Å². The minimum Gasteiger partial charge on any atom is -0.350 e. The first-order chi connectivity index (χ1) is 13.4. The van der Waals surface area contributed by atoms with E-state index in [1.807, 2.05) is 30.7 Å². The monoisotopic (exact) mass is 418 g/mol. The molecule has 2 N–H and O–H groups in total. The highest BCUT2D eigenvalue weighted by molar-refractivity contribution is 7.08. The zero-order valence-corrected chi connectivity index (χ0v) is 16.9. The van der Waals surface area contributed by atoms with Crippen LogP contribution in [0.3, 0.4) is 0 Å². The predicted octanol–water partition coefficient (Wildman–Crippen LogP) is 4.16. The third-order valence-corrected chi connectivity index (χ3v) is 4.65. The number of carbonyl (C=O) groups is 2. The summed E-state index contributed by atoms with van der Waals surface area (Å²) in [5, 5.41) is 13.7. The standard InChI is InChI=1S/C19H19ClN4O3S/c1-11(2)21-19(26)14-4-3-13(20)9-15(14)22-16(25)5-6-17-23-18(24-27-17)12-7-8-28-10-12/h3-4,7-11H,5-6H2,1-2H3,(H,21,26)(H,22,25). The van der Waals surface area contributed by atoms with Crippen molar-refractivity contribution in [3.8, 4) is 11.4 Å². The van der Waals surface area contributed by atoms with Gasteiger partial charge in [-0.2, -0.15) is 16.3 Å². The van der Waals surface area contributed by atoms with Crippen LogP contribution < -0.4 is 10.6 Å². The van der Waals surface area contributed by atoms with Crippen LogP contribution in [-0.4, -0.2) is 28.0 Å². The Morgan fingerprint density at radius 3 is 2.82 bits per heavy atom. The summed E-state index contributed by atoms with van der Waals surface area (Å²) in [6.45, 7) is 3.72. The first-order valence-electron chi connectivity index (χ1n) is 8.68. The van der Waals surface area contributed by atoms with Crippen molar-refractivity contribution in [1.82, 2.24) is 15.5 Å². The van der Waals surface area contributed by atoms with Gasteiger partial charge in [-0.05, 0) is 43.5 Å². The fraction of sp³-hybridized carbons (Fsp3) is 0.263. The first kappa shape index (κ1) is 20.0. The van der Waals surface area contributed by atoms with Crippen LogP contribution in [0.2, 0.25) is 5.02 Å². The summed E-state index contributed by atoms with van der Waals surface area (Å²) in [5.74, 6) is 0.315. The molecule has 0 aliphatic carbocycles. The number of halogens is 1. The highest BCUT2D eigenvalue weighted by Crippen LogP contribution is 2.22. The molecule has 0 unspecified atom stereocenters. The van der Waals surface area contributed by atoms with Gasteiger partial charge < -0.3 is 15.2 Å². The van der Waals surface area contributed by atoms with Crippen molar-refractivity contribution in [3.05, 3.63) is 51.5 Å². The number of hydrogen-bond donors (Lipinski definition) is 2. The van der Waals surface area contributed by atoms with Crippen molar-refractivity contribution in [1.29, 1.82) is 0 Å². The molecule has 2 heterocycles. The van der Waals surface area contributed by atoms with Gasteiger partial charge in [-0.15, -0.1) is 0 Å². The van der Waals surface area contributed by atoms with Crippen LogP contribution in [0.15, 0.2) is 39.5 Å². The van der Waals surface area contributed by atoms with Gasteiger partial charge in [0.2, 0.25) is 17.6 Å². The number of amides is 2. The second kappa shape index (κ2) is 8.99. The van der Waals surface area contributed by atoms with Crippen molar-refractivity contribution >= 4 is 40.4 Å². The maximum absolute atomic E-state index is 12.4. The predicted molar refractivity (Wildman–Crippen MR) is 109 cm³/mol. The third kappa shape index (κ3) is 5.17. The van der Waals surface area contributed by atoms with Crippen LogP contribution in [-0.2, 0) is 11.2 Å². The molecular formula is C19H19ClN4O3S. The zero-order chi connectivity index (χ0) is 20.1. The van der Waals surface area contributed by atoms with Gasteiger partial charge in [0.1, 0.15) is 0 Å². The summed E-state index contributed by atoms with van der Waals surface area (Å²) in [5.41, 5.74) is 1.59. The lowest BCUT2D eigenvalue weighted by atomic mass is 10.1. The van der Waals surface area contributed by atoms with Crippen LogP contribution in [0, 0.1) is 0 Å². The fourth-order valence-corrected chi connectivity index (χ4v) is 3.26. The van der Waals surface area contributed by atoms with Gasteiger partial charge in [0.15, 0.2) is 0 Å². The molecule has 1 aromatic carbocycles. The number of nitrogens with one attached hydrogen (secondary N) is 2. The van der Waals surface area contributed by atoms with Crippen LogP contribution in [0.25, 0.3) is 11.4 Å².